The van der Waals surface area contributed by atoms with Gasteiger partial charge in [-0.25, -0.2) is 0 Å². The number of carbonyl (C=O) groups is 1. The second kappa shape index (κ2) is 8.53. The van der Waals surface area contributed by atoms with Crippen LogP contribution < -0.4 is 9.64 Å². The summed E-state index contributed by atoms with van der Waals surface area (Å²) >= 11 is 0. The van der Waals surface area contributed by atoms with Gasteiger partial charge in [0, 0.05) is 30.4 Å². The Bertz CT molecular complexity index is 919. The van der Waals surface area contributed by atoms with Gasteiger partial charge in [0.2, 0.25) is 5.75 Å². The number of nitrogens with zero attached hydrogens (tertiary/aromatic N) is 2. The van der Waals surface area contributed by atoms with Crippen LogP contribution >= 0.6 is 0 Å². The number of nitro benzene ring substituents is 1. The minimum atomic E-state index is -0.706. The van der Waals surface area contributed by atoms with Crippen molar-refractivity contribution >= 4 is 23.2 Å². The number of hydrogen-bond acceptors (Lipinski definition) is 7. The van der Waals surface area contributed by atoms with Crippen molar-refractivity contribution in [1.82, 2.24) is 0 Å². The van der Waals surface area contributed by atoms with E-state index in [-0.39, 0.29) is 11.5 Å². The molecule has 0 aliphatic carbocycles. The number of morpholine rings is 1. The first-order chi connectivity index (χ1) is 13.5. The standard InChI is InChI=1S/C20H20N2O6/c1-27-19-12-14(11-17(20(19)24)22(25)26)5-6-18(23)15-3-2-4-16(13-15)21-7-9-28-10-8-21/h2-6,11-13,24H,7-10H2,1H3. The van der Waals surface area contributed by atoms with E-state index in [0.717, 1.165) is 18.8 Å². The van der Waals surface area contributed by atoms with Crippen molar-refractivity contribution in [3.8, 4) is 11.5 Å². The summed E-state index contributed by atoms with van der Waals surface area (Å²) in [5, 5.41) is 20.9. The van der Waals surface area contributed by atoms with Crippen LogP contribution in [0.3, 0.4) is 0 Å². The van der Waals surface area contributed by atoms with Gasteiger partial charge in [-0.2, -0.15) is 0 Å². The van der Waals surface area contributed by atoms with Crippen molar-refractivity contribution < 1.29 is 24.3 Å². The molecule has 0 aromatic heterocycles. The lowest BCUT2D eigenvalue weighted by atomic mass is 10.1. The molecule has 1 aliphatic rings. The molecule has 8 heteroatoms. The predicted molar refractivity (Wildman–Crippen MR) is 104 cm³/mol. The van der Waals surface area contributed by atoms with Gasteiger partial charge in [-0.15, -0.1) is 0 Å². The van der Waals surface area contributed by atoms with Crippen LogP contribution in [0.2, 0.25) is 0 Å². The Morgan fingerprint density at radius 2 is 2.04 bits per heavy atom. The number of phenolic OH excluding ortho intramolecular Hbond substituents is 1. The average Bonchev–Trinajstić information content (AvgIpc) is 2.73. The third kappa shape index (κ3) is 4.29. The highest BCUT2D eigenvalue weighted by atomic mass is 16.6. The highest BCUT2D eigenvalue weighted by Gasteiger charge is 2.19. The number of phenols is 1. The van der Waals surface area contributed by atoms with Gasteiger partial charge in [-0.05, 0) is 29.8 Å². The highest BCUT2D eigenvalue weighted by molar-refractivity contribution is 6.07. The number of rotatable bonds is 6. The largest absolute Gasteiger partial charge is 0.500 e. The van der Waals surface area contributed by atoms with E-state index in [9.17, 15) is 20.0 Å². The van der Waals surface area contributed by atoms with Gasteiger partial charge in [0.25, 0.3) is 0 Å². The topological polar surface area (TPSA) is 102 Å². The summed E-state index contributed by atoms with van der Waals surface area (Å²) in [6, 6.07) is 9.91. The molecule has 1 heterocycles. The lowest BCUT2D eigenvalue weighted by molar-refractivity contribution is -0.386. The van der Waals surface area contributed by atoms with Crippen LogP contribution in [0.1, 0.15) is 15.9 Å². The third-order valence-electron chi connectivity index (χ3n) is 4.43. The number of ether oxygens (including phenoxy) is 2. The summed E-state index contributed by atoms with van der Waals surface area (Å²) in [5.41, 5.74) is 1.35. The van der Waals surface area contributed by atoms with Crippen LogP contribution in [0, 0.1) is 10.1 Å². The zero-order valence-electron chi connectivity index (χ0n) is 15.3. The molecule has 28 heavy (non-hydrogen) atoms. The van der Waals surface area contributed by atoms with Crippen LogP contribution in [0.4, 0.5) is 11.4 Å². The molecule has 0 amide bonds. The smallest absolute Gasteiger partial charge is 0.315 e. The number of nitro groups is 1. The number of benzene rings is 2. The Balaban J connectivity index is 1.82. The lowest BCUT2D eigenvalue weighted by Crippen LogP contribution is -2.36. The molecule has 2 aromatic carbocycles. The molecule has 3 rings (SSSR count). The summed E-state index contributed by atoms with van der Waals surface area (Å²) < 4.78 is 10.3. The zero-order valence-corrected chi connectivity index (χ0v) is 15.3. The van der Waals surface area contributed by atoms with E-state index in [1.54, 1.807) is 6.07 Å². The molecule has 0 saturated carbocycles. The molecule has 0 spiro atoms. The number of allylic oxidation sites excluding steroid dienone is 1. The monoisotopic (exact) mass is 384 g/mol. The van der Waals surface area contributed by atoms with Gasteiger partial charge in [-0.3, -0.25) is 14.9 Å². The predicted octanol–water partition coefficient (Wildman–Crippen LogP) is 3.04. The average molecular weight is 384 g/mol. The minimum Gasteiger partial charge on any atom is -0.500 e. The number of hydrogen-bond donors (Lipinski definition) is 1. The molecule has 0 unspecified atom stereocenters. The number of methoxy groups -OCH3 is 1. The fourth-order valence-electron chi connectivity index (χ4n) is 2.95. The molecule has 1 N–H and O–H groups in total. The molecule has 1 saturated heterocycles. The summed E-state index contributed by atoms with van der Waals surface area (Å²) in [7, 11) is 1.30. The van der Waals surface area contributed by atoms with Crippen molar-refractivity contribution in [2.75, 3.05) is 38.3 Å². The van der Waals surface area contributed by atoms with Crippen molar-refractivity contribution in [1.29, 1.82) is 0 Å². The van der Waals surface area contributed by atoms with E-state index < -0.39 is 16.4 Å². The van der Waals surface area contributed by atoms with Gasteiger partial charge in [-0.1, -0.05) is 18.2 Å². The first-order valence-corrected chi connectivity index (χ1v) is 8.70. The molecule has 0 atom stereocenters. The lowest BCUT2D eigenvalue weighted by Gasteiger charge is -2.29. The highest BCUT2D eigenvalue weighted by Crippen LogP contribution is 2.37. The van der Waals surface area contributed by atoms with E-state index in [4.69, 9.17) is 9.47 Å². The third-order valence-corrected chi connectivity index (χ3v) is 4.43. The maximum atomic E-state index is 12.5. The molecule has 0 bridgehead atoms. The van der Waals surface area contributed by atoms with Gasteiger partial charge in [0.15, 0.2) is 11.5 Å². The maximum Gasteiger partial charge on any atom is 0.315 e. The van der Waals surface area contributed by atoms with Gasteiger partial charge >= 0.3 is 5.69 Å². The summed E-state index contributed by atoms with van der Waals surface area (Å²) in [5.74, 6) is -0.811. The van der Waals surface area contributed by atoms with E-state index in [2.05, 4.69) is 4.90 Å². The molecule has 0 radical (unpaired) electrons. The second-order valence-corrected chi connectivity index (χ2v) is 6.20. The fourth-order valence-corrected chi connectivity index (χ4v) is 2.95. The Morgan fingerprint density at radius 1 is 1.29 bits per heavy atom. The van der Waals surface area contributed by atoms with Crippen LogP contribution in [0.25, 0.3) is 6.08 Å². The van der Waals surface area contributed by atoms with E-state index >= 15 is 0 Å². The van der Waals surface area contributed by atoms with Crippen molar-refractivity contribution in [3.63, 3.8) is 0 Å². The van der Waals surface area contributed by atoms with Gasteiger partial charge in [0.05, 0.1) is 25.2 Å². The van der Waals surface area contributed by atoms with Crippen molar-refractivity contribution in [3.05, 3.63) is 63.7 Å². The van der Waals surface area contributed by atoms with Crippen LogP contribution in [0.15, 0.2) is 42.5 Å². The summed E-state index contributed by atoms with van der Waals surface area (Å²) in [6.45, 7) is 2.84. The summed E-state index contributed by atoms with van der Waals surface area (Å²) in [4.78, 5) is 25.1. The maximum absolute atomic E-state index is 12.5. The molecule has 1 fully saturated rings. The van der Waals surface area contributed by atoms with E-state index in [1.165, 1.54) is 31.4 Å². The normalized spacial score (nSPS) is 14.2. The van der Waals surface area contributed by atoms with E-state index in [1.807, 2.05) is 18.2 Å². The summed E-state index contributed by atoms with van der Waals surface area (Å²) in [6.07, 6.45) is 2.80. The number of ketones is 1. The Kier molecular flexibility index (Phi) is 5.90. The molecular weight excluding hydrogens is 364 g/mol. The Labute approximate surface area is 161 Å². The van der Waals surface area contributed by atoms with Crippen molar-refractivity contribution in [2.24, 2.45) is 0 Å². The van der Waals surface area contributed by atoms with Crippen molar-refractivity contribution in [2.45, 2.75) is 0 Å². The van der Waals surface area contributed by atoms with Crippen LogP contribution in [-0.4, -0.2) is 49.2 Å². The van der Waals surface area contributed by atoms with E-state index in [0.29, 0.717) is 24.3 Å². The first kappa shape index (κ1) is 19.4. The van der Waals surface area contributed by atoms with Gasteiger partial charge in [0.1, 0.15) is 0 Å². The minimum absolute atomic E-state index is 0.0318. The number of anilines is 1. The molecule has 146 valence electrons. The SMILES string of the molecule is COc1cc(C=CC(=O)c2cccc(N3CCOCC3)c2)cc([N+](=O)[O-])c1O. The van der Waals surface area contributed by atoms with Crippen LogP contribution in [-0.2, 0) is 4.74 Å². The molecule has 2 aromatic rings. The number of carbonyl (C=O) groups excluding carboxylic acids is 1. The molecule has 8 nitrogen and oxygen atoms in total. The zero-order chi connectivity index (χ0) is 20.1. The fraction of sp³-hybridized carbons (Fsp3) is 0.250. The Hall–Kier alpha value is -3.39. The quantitative estimate of drug-likeness (QED) is 0.353. The Morgan fingerprint density at radius 3 is 2.71 bits per heavy atom. The number of aromatic hydroxyl groups is 1. The first-order valence-electron chi connectivity index (χ1n) is 8.70. The second-order valence-electron chi connectivity index (χ2n) is 6.20. The van der Waals surface area contributed by atoms with Crippen LogP contribution in [0.5, 0.6) is 11.5 Å². The molecule has 1 aliphatic heterocycles. The molecular formula is C20H20N2O6. The van der Waals surface area contributed by atoms with Gasteiger partial charge < -0.3 is 19.5 Å².